The topological polar surface area (TPSA) is 32.3 Å². The van der Waals surface area contributed by atoms with Gasteiger partial charge in [-0.15, -0.1) is 0 Å². The highest BCUT2D eigenvalue weighted by Gasteiger charge is 2.39. The fraction of sp³-hybridized carbons (Fsp3) is 0.417. The first-order valence-electron chi connectivity index (χ1n) is 5.46. The van der Waals surface area contributed by atoms with Crippen LogP contribution in [-0.2, 0) is 4.79 Å². The smallest absolute Gasteiger partial charge is 0.249 e. The molecule has 1 aromatic carbocycles. The van der Waals surface area contributed by atoms with E-state index in [1.54, 1.807) is 13.8 Å². The van der Waals surface area contributed by atoms with Crippen LogP contribution in [0.2, 0.25) is 5.02 Å². The van der Waals surface area contributed by atoms with Crippen molar-refractivity contribution in [2.75, 3.05) is 16.8 Å². The van der Waals surface area contributed by atoms with Gasteiger partial charge in [0.1, 0.15) is 11.4 Å². The van der Waals surface area contributed by atoms with E-state index < -0.39 is 11.4 Å². The van der Waals surface area contributed by atoms with Gasteiger partial charge in [-0.25, -0.2) is 4.39 Å². The lowest BCUT2D eigenvalue weighted by molar-refractivity contribution is -0.120. The Morgan fingerprint density at radius 1 is 1.47 bits per heavy atom. The largest absolute Gasteiger partial charge is 0.356 e. The number of carbonyl (C=O) groups excluding carboxylic acids is 1. The molecule has 0 atom stereocenters. The highest BCUT2D eigenvalue weighted by Crippen LogP contribution is 2.39. The van der Waals surface area contributed by atoms with Crippen molar-refractivity contribution in [1.82, 2.24) is 0 Å². The molecule has 0 aromatic heterocycles. The van der Waals surface area contributed by atoms with Crippen LogP contribution in [-0.4, -0.2) is 18.0 Å². The third-order valence-electron chi connectivity index (χ3n) is 3.12. The molecule has 17 heavy (non-hydrogen) atoms. The summed E-state index contributed by atoms with van der Waals surface area (Å²) in [5, 5.41) is 2.76. The Morgan fingerprint density at radius 2 is 2.12 bits per heavy atom. The fourth-order valence-electron chi connectivity index (χ4n) is 2.12. The number of rotatable bonds is 1. The first-order valence-corrected chi connectivity index (χ1v) is 5.84. The van der Waals surface area contributed by atoms with Crippen LogP contribution in [0.3, 0.4) is 0 Å². The number of hydrogen-bond donors (Lipinski definition) is 1. The minimum Gasteiger partial charge on any atom is -0.356 e. The molecule has 1 aliphatic rings. The van der Waals surface area contributed by atoms with Gasteiger partial charge in [-0.05, 0) is 26.8 Å². The van der Waals surface area contributed by atoms with Gasteiger partial charge in [-0.3, -0.25) is 4.79 Å². The Balaban J connectivity index is 2.62. The maximum atomic E-state index is 13.5. The molecule has 5 heteroatoms. The van der Waals surface area contributed by atoms with Crippen molar-refractivity contribution in [1.29, 1.82) is 0 Å². The van der Waals surface area contributed by atoms with Gasteiger partial charge in [0.05, 0.1) is 16.4 Å². The molecule has 1 amide bonds. The molecule has 0 unspecified atom stereocenters. The average Bonchev–Trinajstić information content (AvgIpc) is 2.23. The van der Waals surface area contributed by atoms with Gasteiger partial charge in [0.25, 0.3) is 0 Å². The summed E-state index contributed by atoms with van der Waals surface area (Å²) in [7, 11) is 0. The highest BCUT2D eigenvalue weighted by atomic mass is 35.5. The molecule has 0 bridgehead atoms. The highest BCUT2D eigenvalue weighted by molar-refractivity contribution is 6.31. The van der Waals surface area contributed by atoms with E-state index in [9.17, 15) is 9.18 Å². The first kappa shape index (κ1) is 12.2. The van der Waals surface area contributed by atoms with E-state index >= 15 is 0 Å². The summed E-state index contributed by atoms with van der Waals surface area (Å²) in [6.45, 7) is 6.16. The predicted octanol–water partition coefficient (Wildman–Crippen LogP) is 3.04. The summed E-state index contributed by atoms with van der Waals surface area (Å²) in [6, 6.07) is 2.81. The summed E-state index contributed by atoms with van der Waals surface area (Å²) in [4.78, 5) is 13.8. The molecule has 1 aliphatic heterocycles. The van der Waals surface area contributed by atoms with Gasteiger partial charge < -0.3 is 10.2 Å². The van der Waals surface area contributed by atoms with E-state index in [1.807, 2.05) is 11.8 Å². The normalized spacial score (nSPS) is 17.7. The molecular formula is C12H14ClFN2O. The van der Waals surface area contributed by atoms with Crippen LogP contribution in [0.15, 0.2) is 12.1 Å². The zero-order valence-corrected chi connectivity index (χ0v) is 10.7. The number of benzene rings is 1. The number of anilines is 2. The molecule has 0 saturated carbocycles. The molecule has 0 fully saturated rings. The van der Waals surface area contributed by atoms with Gasteiger partial charge in [0.2, 0.25) is 5.91 Å². The van der Waals surface area contributed by atoms with Crippen LogP contribution >= 0.6 is 11.6 Å². The van der Waals surface area contributed by atoms with Crippen LogP contribution in [0.4, 0.5) is 15.8 Å². The molecule has 92 valence electrons. The van der Waals surface area contributed by atoms with E-state index in [-0.39, 0.29) is 10.9 Å². The molecular weight excluding hydrogens is 243 g/mol. The lowest BCUT2D eigenvalue weighted by atomic mass is 9.96. The summed E-state index contributed by atoms with van der Waals surface area (Å²) in [6.07, 6.45) is 0. The third kappa shape index (κ3) is 1.76. The van der Waals surface area contributed by atoms with Crippen molar-refractivity contribution in [2.45, 2.75) is 26.3 Å². The van der Waals surface area contributed by atoms with E-state index in [0.717, 1.165) is 0 Å². The van der Waals surface area contributed by atoms with Crippen molar-refractivity contribution in [2.24, 2.45) is 0 Å². The molecule has 1 N–H and O–H groups in total. The number of likely N-dealkylation sites (N-methyl/N-ethyl adjacent to an activating group) is 1. The maximum absolute atomic E-state index is 13.5. The first-order chi connectivity index (χ1) is 7.87. The number of amides is 1. The van der Waals surface area contributed by atoms with Crippen LogP contribution in [0.25, 0.3) is 0 Å². The Bertz CT molecular complexity index is 488. The van der Waals surface area contributed by atoms with Gasteiger partial charge in [-0.1, -0.05) is 11.6 Å². The summed E-state index contributed by atoms with van der Waals surface area (Å²) in [5.41, 5.74) is 0.531. The Morgan fingerprint density at radius 3 is 2.71 bits per heavy atom. The van der Waals surface area contributed by atoms with E-state index in [1.165, 1.54) is 12.1 Å². The van der Waals surface area contributed by atoms with Crippen molar-refractivity contribution in [3.8, 4) is 0 Å². The monoisotopic (exact) mass is 256 g/mol. The van der Waals surface area contributed by atoms with Crippen LogP contribution < -0.4 is 10.2 Å². The fourth-order valence-corrected chi connectivity index (χ4v) is 2.29. The number of nitrogens with one attached hydrogen (secondary N) is 1. The van der Waals surface area contributed by atoms with Crippen LogP contribution in [0.5, 0.6) is 0 Å². The van der Waals surface area contributed by atoms with Crippen LogP contribution in [0.1, 0.15) is 20.8 Å². The third-order valence-corrected chi connectivity index (χ3v) is 3.41. The number of carbonyl (C=O) groups is 1. The van der Waals surface area contributed by atoms with Crippen LogP contribution in [0, 0.1) is 5.82 Å². The standard InChI is InChI=1S/C12H14ClFN2O/c1-4-16-10-6-8(14)7(13)5-9(10)15-11(17)12(16,2)3/h5-6H,4H2,1-3H3,(H,15,17). The molecule has 0 aliphatic carbocycles. The summed E-state index contributed by atoms with van der Waals surface area (Å²) in [5.74, 6) is -0.592. The lowest BCUT2D eigenvalue weighted by Gasteiger charge is -2.43. The Labute approximate surface area is 105 Å². The molecule has 1 heterocycles. The van der Waals surface area contributed by atoms with Crippen molar-refractivity contribution in [3.63, 3.8) is 0 Å². The minimum absolute atomic E-state index is 0.0137. The molecule has 0 saturated heterocycles. The number of nitrogens with zero attached hydrogens (tertiary/aromatic N) is 1. The molecule has 3 nitrogen and oxygen atoms in total. The zero-order chi connectivity index (χ0) is 12.8. The zero-order valence-electron chi connectivity index (χ0n) is 9.97. The predicted molar refractivity (Wildman–Crippen MR) is 67.1 cm³/mol. The van der Waals surface area contributed by atoms with Crippen molar-refractivity contribution in [3.05, 3.63) is 23.0 Å². The molecule has 0 radical (unpaired) electrons. The number of hydrogen-bond acceptors (Lipinski definition) is 2. The lowest BCUT2D eigenvalue weighted by Crippen LogP contribution is -2.56. The van der Waals surface area contributed by atoms with Gasteiger partial charge in [-0.2, -0.15) is 0 Å². The summed E-state index contributed by atoms with van der Waals surface area (Å²) >= 11 is 5.71. The van der Waals surface area contributed by atoms with Gasteiger partial charge in [0, 0.05) is 12.6 Å². The van der Waals surface area contributed by atoms with E-state index in [2.05, 4.69) is 5.32 Å². The maximum Gasteiger partial charge on any atom is 0.249 e. The minimum atomic E-state index is -0.692. The SMILES string of the molecule is CCN1c2cc(F)c(Cl)cc2NC(=O)C1(C)C. The van der Waals surface area contributed by atoms with E-state index in [0.29, 0.717) is 17.9 Å². The van der Waals surface area contributed by atoms with Crippen molar-refractivity contribution < 1.29 is 9.18 Å². The Kier molecular flexibility index (Phi) is 2.78. The number of halogens is 2. The second kappa shape index (κ2) is 3.88. The quantitative estimate of drug-likeness (QED) is 0.838. The van der Waals surface area contributed by atoms with Gasteiger partial charge >= 0.3 is 0 Å². The second-order valence-electron chi connectivity index (χ2n) is 4.54. The van der Waals surface area contributed by atoms with Gasteiger partial charge in [0.15, 0.2) is 0 Å². The second-order valence-corrected chi connectivity index (χ2v) is 4.95. The van der Waals surface area contributed by atoms with Crippen molar-refractivity contribution >= 4 is 28.9 Å². The Hall–Kier alpha value is -1.29. The molecule has 0 spiro atoms. The summed E-state index contributed by atoms with van der Waals surface area (Å²) < 4.78 is 13.5. The van der Waals surface area contributed by atoms with E-state index in [4.69, 9.17) is 11.6 Å². The number of fused-ring (bicyclic) bond motifs is 1. The average molecular weight is 257 g/mol. The molecule has 2 rings (SSSR count). The molecule has 1 aromatic rings.